The van der Waals surface area contributed by atoms with E-state index in [1.165, 1.54) is 31.3 Å². The number of Topliss-reactive ketones (excluding diaryl/α,β-unsaturated/α-hetero) is 1. The number of nitrogens with zero attached hydrogens (tertiary/aromatic N) is 1. The third-order valence-corrected chi connectivity index (χ3v) is 6.43. The lowest BCUT2D eigenvalue weighted by molar-refractivity contribution is -0.132. The Kier molecular flexibility index (Phi) is 7.95. The van der Waals surface area contributed by atoms with E-state index < -0.39 is 23.5 Å². The number of hydrogen-bond donors (Lipinski definition) is 1. The number of benzene rings is 3. The van der Waals surface area contributed by atoms with E-state index in [4.69, 9.17) is 37.4 Å². The molecule has 1 fully saturated rings. The summed E-state index contributed by atoms with van der Waals surface area (Å²) >= 11 is 12.5. The zero-order valence-electron chi connectivity index (χ0n) is 20.5. The van der Waals surface area contributed by atoms with E-state index in [0.717, 1.165) is 6.42 Å². The molecule has 192 valence electrons. The fraction of sp³-hybridized carbons (Fsp3) is 0.214. The molecule has 1 aliphatic rings. The summed E-state index contributed by atoms with van der Waals surface area (Å²) in [6.07, 6.45) is 0.851. The summed E-state index contributed by atoms with van der Waals surface area (Å²) in [4.78, 5) is 28.1. The lowest BCUT2D eigenvalue weighted by atomic mass is 9.94. The van der Waals surface area contributed by atoms with Crippen LogP contribution in [-0.4, -0.2) is 37.6 Å². The van der Waals surface area contributed by atoms with Crippen molar-refractivity contribution in [2.45, 2.75) is 19.4 Å². The Morgan fingerprint density at radius 3 is 2.19 bits per heavy atom. The Morgan fingerprint density at radius 1 is 0.946 bits per heavy atom. The first kappa shape index (κ1) is 26.4. The fourth-order valence-electron chi connectivity index (χ4n) is 4.21. The molecule has 7 nitrogen and oxygen atoms in total. The number of methoxy groups -OCH3 is 2. The first-order valence-corrected chi connectivity index (χ1v) is 12.3. The first-order valence-electron chi connectivity index (χ1n) is 11.5. The largest absolute Gasteiger partial charge is 0.507 e. The molecule has 3 aromatic carbocycles. The molecular weight excluding hydrogens is 517 g/mol. The molecule has 0 aliphatic carbocycles. The molecule has 1 heterocycles. The average Bonchev–Trinajstić information content (AvgIpc) is 3.17. The molecule has 1 unspecified atom stereocenters. The van der Waals surface area contributed by atoms with E-state index in [-0.39, 0.29) is 26.9 Å². The van der Waals surface area contributed by atoms with Crippen LogP contribution in [0.1, 0.15) is 30.5 Å². The summed E-state index contributed by atoms with van der Waals surface area (Å²) in [5.41, 5.74) is 1.02. The molecule has 4 rings (SSSR count). The van der Waals surface area contributed by atoms with Gasteiger partial charge in [0, 0.05) is 10.7 Å². The van der Waals surface area contributed by atoms with Crippen molar-refractivity contribution in [3.63, 3.8) is 0 Å². The number of hydrogen-bond acceptors (Lipinski definition) is 6. The van der Waals surface area contributed by atoms with Gasteiger partial charge in [0.2, 0.25) is 0 Å². The van der Waals surface area contributed by atoms with Crippen molar-refractivity contribution in [3.8, 4) is 17.2 Å². The molecule has 9 heteroatoms. The van der Waals surface area contributed by atoms with E-state index in [0.29, 0.717) is 29.4 Å². The minimum atomic E-state index is -0.948. The third-order valence-electron chi connectivity index (χ3n) is 5.93. The van der Waals surface area contributed by atoms with Crippen LogP contribution in [-0.2, 0) is 9.59 Å². The van der Waals surface area contributed by atoms with Crippen LogP contribution in [0.15, 0.2) is 66.2 Å². The second-order valence-electron chi connectivity index (χ2n) is 8.25. The van der Waals surface area contributed by atoms with Gasteiger partial charge in [-0.1, -0.05) is 42.3 Å². The maximum atomic E-state index is 13.4. The van der Waals surface area contributed by atoms with Crippen LogP contribution in [0.25, 0.3) is 5.76 Å². The van der Waals surface area contributed by atoms with Gasteiger partial charge >= 0.3 is 0 Å². The van der Waals surface area contributed by atoms with E-state index >= 15 is 0 Å². The minimum absolute atomic E-state index is 0.0978. The molecule has 1 atom stereocenters. The highest BCUT2D eigenvalue weighted by Crippen LogP contribution is 2.45. The van der Waals surface area contributed by atoms with Gasteiger partial charge in [-0.05, 0) is 60.5 Å². The predicted molar refractivity (Wildman–Crippen MR) is 143 cm³/mol. The Bertz CT molecular complexity index is 1350. The third kappa shape index (κ3) is 5.10. The summed E-state index contributed by atoms with van der Waals surface area (Å²) in [5, 5.41) is 11.8. The zero-order chi connectivity index (χ0) is 26.7. The van der Waals surface area contributed by atoms with E-state index in [1.807, 2.05) is 6.92 Å². The molecule has 0 saturated carbocycles. The molecule has 0 spiro atoms. The van der Waals surface area contributed by atoms with Crippen LogP contribution in [0.4, 0.5) is 5.69 Å². The fourth-order valence-corrected chi connectivity index (χ4v) is 4.78. The molecule has 1 N–H and O–H groups in total. The molecule has 3 aromatic rings. The highest BCUT2D eigenvalue weighted by atomic mass is 35.5. The number of aliphatic hydroxyl groups excluding tert-OH is 1. The number of aliphatic hydroxyl groups is 1. The van der Waals surface area contributed by atoms with Crippen LogP contribution < -0.4 is 19.1 Å². The van der Waals surface area contributed by atoms with Gasteiger partial charge in [0.1, 0.15) is 23.0 Å². The number of carbonyl (C=O) groups is 2. The maximum absolute atomic E-state index is 13.4. The molecule has 1 amide bonds. The van der Waals surface area contributed by atoms with Crippen molar-refractivity contribution in [2.24, 2.45) is 0 Å². The van der Waals surface area contributed by atoms with Crippen LogP contribution in [0.5, 0.6) is 17.2 Å². The number of anilines is 1. The van der Waals surface area contributed by atoms with Gasteiger partial charge in [0.15, 0.2) is 0 Å². The zero-order valence-corrected chi connectivity index (χ0v) is 22.0. The van der Waals surface area contributed by atoms with E-state index in [9.17, 15) is 14.7 Å². The van der Waals surface area contributed by atoms with Crippen molar-refractivity contribution < 1.29 is 28.9 Å². The molecule has 1 saturated heterocycles. The van der Waals surface area contributed by atoms with Crippen molar-refractivity contribution >= 4 is 46.3 Å². The number of ether oxygens (including phenoxy) is 3. The van der Waals surface area contributed by atoms with Gasteiger partial charge in [0.05, 0.1) is 43.0 Å². The Hall–Kier alpha value is -3.68. The highest BCUT2D eigenvalue weighted by Gasteiger charge is 2.47. The Labute approximate surface area is 224 Å². The van der Waals surface area contributed by atoms with Crippen molar-refractivity contribution in [1.82, 2.24) is 0 Å². The average molecular weight is 542 g/mol. The van der Waals surface area contributed by atoms with Gasteiger partial charge < -0.3 is 19.3 Å². The van der Waals surface area contributed by atoms with E-state index in [2.05, 4.69) is 0 Å². The molecule has 0 aromatic heterocycles. The number of rotatable bonds is 8. The lowest BCUT2D eigenvalue weighted by Gasteiger charge is -2.26. The monoisotopic (exact) mass is 541 g/mol. The predicted octanol–water partition coefficient (Wildman–Crippen LogP) is 6.43. The minimum Gasteiger partial charge on any atom is -0.507 e. The van der Waals surface area contributed by atoms with E-state index in [1.54, 1.807) is 48.5 Å². The second-order valence-corrected chi connectivity index (χ2v) is 9.10. The van der Waals surface area contributed by atoms with Crippen LogP contribution in [0.3, 0.4) is 0 Å². The van der Waals surface area contributed by atoms with Gasteiger partial charge in [-0.2, -0.15) is 0 Å². The lowest BCUT2D eigenvalue weighted by Crippen LogP contribution is -2.29. The molecular formula is C28H25Cl2NO6. The van der Waals surface area contributed by atoms with Gasteiger partial charge in [-0.25, -0.2) is 0 Å². The topological polar surface area (TPSA) is 85.3 Å². The van der Waals surface area contributed by atoms with Gasteiger partial charge in [-0.3, -0.25) is 14.5 Å². The Morgan fingerprint density at radius 2 is 1.59 bits per heavy atom. The number of ketones is 1. The summed E-state index contributed by atoms with van der Waals surface area (Å²) in [5.74, 6) is -0.742. The van der Waals surface area contributed by atoms with Crippen molar-refractivity contribution in [3.05, 3.63) is 87.4 Å². The highest BCUT2D eigenvalue weighted by molar-refractivity contribution is 6.52. The molecule has 0 radical (unpaired) electrons. The molecule has 37 heavy (non-hydrogen) atoms. The summed E-state index contributed by atoms with van der Waals surface area (Å²) in [7, 11) is 2.92. The summed E-state index contributed by atoms with van der Waals surface area (Å²) < 4.78 is 16.3. The van der Waals surface area contributed by atoms with Gasteiger partial charge in [0.25, 0.3) is 11.7 Å². The normalized spacial score (nSPS) is 16.7. The van der Waals surface area contributed by atoms with Crippen LogP contribution >= 0.6 is 23.2 Å². The summed E-state index contributed by atoms with van der Waals surface area (Å²) in [6, 6.07) is 15.7. The quantitative estimate of drug-likeness (QED) is 0.201. The van der Waals surface area contributed by atoms with Crippen LogP contribution in [0, 0.1) is 0 Å². The number of carbonyl (C=O) groups excluding carboxylic acids is 2. The van der Waals surface area contributed by atoms with Crippen LogP contribution in [0.2, 0.25) is 10.0 Å². The number of halogens is 2. The smallest absolute Gasteiger partial charge is 0.300 e. The standard InChI is InChI=1S/C28H25Cl2NO6/c1-4-13-37-20-9-5-16(6-10-20)24-23(25(32)21-14-17(29)15-22(30)27(21)36-3)26(33)28(34)31(24)18-7-11-19(35-2)12-8-18/h5-12,14-15,24,32H,4,13H2,1-3H3/b25-23+. The van der Waals surface area contributed by atoms with Crippen molar-refractivity contribution in [2.75, 3.05) is 25.7 Å². The Balaban J connectivity index is 1.93. The van der Waals surface area contributed by atoms with Gasteiger partial charge in [-0.15, -0.1) is 0 Å². The first-order chi connectivity index (χ1) is 17.8. The molecule has 1 aliphatic heterocycles. The second kappa shape index (κ2) is 11.2. The summed E-state index contributed by atoms with van der Waals surface area (Å²) in [6.45, 7) is 2.56. The van der Waals surface area contributed by atoms with Crippen molar-refractivity contribution in [1.29, 1.82) is 0 Å². The number of amides is 1. The SMILES string of the molecule is CCCOc1ccc(C2/C(=C(\O)c3cc(Cl)cc(Cl)c3OC)C(=O)C(=O)N2c2ccc(OC)cc2)cc1. The molecule has 0 bridgehead atoms. The maximum Gasteiger partial charge on any atom is 0.300 e.